The lowest BCUT2D eigenvalue weighted by Gasteiger charge is -2.26. The summed E-state index contributed by atoms with van der Waals surface area (Å²) in [4.78, 5) is 26.6. The van der Waals surface area contributed by atoms with E-state index in [2.05, 4.69) is 20.6 Å². The van der Waals surface area contributed by atoms with Crippen LogP contribution in [0, 0.1) is 0 Å². The van der Waals surface area contributed by atoms with E-state index in [4.69, 9.17) is 9.47 Å². The second kappa shape index (κ2) is 7.99. The van der Waals surface area contributed by atoms with Crippen molar-refractivity contribution in [3.8, 4) is 5.75 Å². The van der Waals surface area contributed by atoms with E-state index in [9.17, 15) is 9.59 Å². The van der Waals surface area contributed by atoms with Crippen molar-refractivity contribution in [2.75, 3.05) is 43.5 Å². The summed E-state index contributed by atoms with van der Waals surface area (Å²) in [7, 11) is 0. The van der Waals surface area contributed by atoms with Gasteiger partial charge in [0.1, 0.15) is 5.75 Å². The number of benzene rings is 1. The Morgan fingerprint density at radius 2 is 2.14 bits per heavy atom. The van der Waals surface area contributed by atoms with Gasteiger partial charge in [0.05, 0.1) is 37.2 Å². The number of amides is 2. The van der Waals surface area contributed by atoms with Gasteiger partial charge in [-0.1, -0.05) is 0 Å². The van der Waals surface area contributed by atoms with Crippen LogP contribution in [0.5, 0.6) is 5.75 Å². The van der Waals surface area contributed by atoms with Crippen molar-refractivity contribution in [2.24, 2.45) is 0 Å². The molecule has 2 N–H and O–H groups in total. The van der Waals surface area contributed by atoms with E-state index in [1.165, 1.54) is 0 Å². The second-order valence-electron chi connectivity index (χ2n) is 6.86. The summed E-state index contributed by atoms with van der Waals surface area (Å²) in [6, 6.07) is 5.15. The molecule has 1 saturated heterocycles. The number of carbonyl (C=O) groups excluding carboxylic acids is 2. The Hall–Kier alpha value is -2.91. The molecule has 0 spiro atoms. The first-order valence-corrected chi connectivity index (χ1v) is 9.34. The van der Waals surface area contributed by atoms with Crippen LogP contribution in [0.2, 0.25) is 0 Å². The Morgan fingerprint density at radius 1 is 1.32 bits per heavy atom. The maximum absolute atomic E-state index is 12.5. The quantitative estimate of drug-likeness (QED) is 0.802. The molecule has 0 radical (unpaired) electrons. The summed E-state index contributed by atoms with van der Waals surface area (Å²) < 4.78 is 12.6. The number of aromatic nitrogens is 2. The number of anilines is 2. The van der Waals surface area contributed by atoms with Crippen LogP contribution in [-0.4, -0.2) is 65.4 Å². The van der Waals surface area contributed by atoms with E-state index in [1.807, 2.05) is 0 Å². The lowest BCUT2D eigenvalue weighted by molar-refractivity contribution is -0.122. The molecule has 28 heavy (non-hydrogen) atoms. The number of nitrogens with zero attached hydrogens (tertiary/aromatic N) is 3. The van der Waals surface area contributed by atoms with Crippen molar-refractivity contribution >= 4 is 23.2 Å². The average molecular weight is 385 g/mol. The molecule has 1 atom stereocenters. The number of carbonyl (C=O) groups is 2. The number of nitrogens with one attached hydrogen (secondary N) is 2. The molecule has 148 valence electrons. The highest BCUT2D eigenvalue weighted by molar-refractivity contribution is 6.05. The number of fused-ring (bicyclic) bond motifs is 1. The Kier molecular flexibility index (Phi) is 5.27. The molecule has 9 nitrogen and oxygen atoms in total. The Morgan fingerprint density at radius 3 is 2.96 bits per heavy atom. The van der Waals surface area contributed by atoms with Gasteiger partial charge in [-0.15, -0.1) is 0 Å². The molecule has 1 aromatic heterocycles. The first-order valence-electron chi connectivity index (χ1n) is 9.34. The van der Waals surface area contributed by atoms with Crippen LogP contribution < -0.4 is 15.4 Å². The topological polar surface area (TPSA) is 97.7 Å². The highest BCUT2D eigenvalue weighted by Crippen LogP contribution is 2.32. The van der Waals surface area contributed by atoms with Crippen LogP contribution in [-0.2, 0) is 16.1 Å². The third kappa shape index (κ3) is 4.15. The van der Waals surface area contributed by atoms with Gasteiger partial charge in [0.2, 0.25) is 0 Å². The molecule has 0 aliphatic carbocycles. The van der Waals surface area contributed by atoms with E-state index in [0.29, 0.717) is 29.2 Å². The number of rotatable bonds is 5. The predicted molar refractivity (Wildman–Crippen MR) is 103 cm³/mol. The molecule has 2 aromatic rings. The molecule has 2 aliphatic rings. The molecule has 1 fully saturated rings. The van der Waals surface area contributed by atoms with Gasteiger partial charge < -0.3 is 20.1 Å². The normalized spacial score (nSPS) is 19.5. The maximum Gasteiger partial charge on any atom is 0.265 e. The molecule has 1 unspecified atom stereocenters. The minimum atomic E-state index is -0.531. The largest absolute Gasteiger partial charge is 0.479 e. The lowest BCUT2D eigenvalue weighted by Crippen LogP contribution is -2.38. The third-order valence-electron chi connectivity index (χ3n) is 4.81. The molecule has 2 aliphatic heterocycles. The first kappa shape index (κ1) is 18.5. The van der Waals surface area contributed by atoms with Gasteiger partial charge in [-0.2, -0.15) is 5.10 Å². The van der Waals surface area contributed by atoms with Crippen LogP contribution in [0.1, 0.15) is 17.3 Å². The number of ether oxygens (including phenoxy) is 2. The predicted octanol–water partition coefficient (Wildman–Crippen LogP) is 1.19. The van der Waals surface area contributed by atoms with E-state index in [1.54, 1.807) is 42.2 Å². The highest BCUT2D eigenvalue weighted by Gasteiger charge is 2.23. The summed E-state index contributed by atoms with van der Waals surface area (Å²) in [5.41, 5.74) is 1.60. The van der Waals surface area contributed by atoms with Crippen molar-refractivity contribution in [3.05, 3.63) is 36.2 Å². The van der Waals surface area contributed by atoms with E-state index >= 15 is 0 Å². The fourth-order valence-electron chi connectivity index (χ4n) is 3.16. The fourth-order valence-corrected chi connectivity index (χ4v) is 3.16. The van der Waals surface area contributed by atoms with Crippen molar-refractivity contribution in [2.45, 2.75) is 19.6 Å². The molecule has 1 aromatic carbocycles. The smallest absolute Gasteiger partial charge is 0.265 e. The summed E-state index contributed by atoms with van der Waals surface area (Å²) >= 11 is 0. The minimum absolute atomic E-state index is 0.211. The van der Waals surface area contributed by atoms with Gasteiger partial charge in [-0.25, -0.2) is 0 Å². The summed E-state index contributed by atoms with van der Waals surface area (Å²) in [5, 5.41) is 9.87. The van der Waals surface area contributed by atoms with Crippen molar-refractivity contribution in [3.63, 3.8) is 0 Å². The van der Waals surface area contributed by atoms with Crippen LogP contribution in [0.25, 0.3) is 0 Å². The molecule has 0 saturated carbocycles. The van der Waals surface area contributed by atoms with E-state index < -0.39 is 6.10 Å². The Labute approximate surface area is 162 Å². The third-order valence-corrected chi connectivity index (χ3v) is 4.81. The van der Waals surface area contributed by atoms with Crippen LogP contribution in [0.15, 0.2) is 30.6 Å². The number of hydrogen-bond acceptors (Lipinski definition) is 6. The van der Waals surface area contributed by atoms with E-state index in [-0.39, 0.29) is 11.8 Å². The van der Waals surface area contributed by atoms with Crippen LogP contribution >= 0.6 is 0 Å². The second-order valence-corrected chi connectivity index (χ2v) is 6.86. The molecular weight excluding hydrogens is 362 g/mol. The summed E-state index contributed by atoms with van der Waals surface area (Å²) in [6.45, 7) is 6.64. The zero-order chi connectivity index (χ0) is 19.5. The number of hydrogen-bond donors (Lipinski definition) is 2. The zero-order valence-electron chi connectivity index (χ0n) is 15.7. The van der Waals surface area contributed by atoms with Gasteiger partial charge >= 0.3 is 0 Å². The maximum atomic E-state index is 12.5. The van der Waals surface area contributed by atoms with Crippen molar-refractivity contribution < 1.29 is 19.1 Å². The van der Waals surface area contributed by atoms with Gasteiger partial charge in [0.15, 0.2) is 6.10 Å². The van der Waals surface area contributed by atoms with E-state index in [0.717, 1.165) is 32.8 Å². The van der Waals surface area contributed by atoms with Gasteiger partial charge in [-0.3, -0.25) is 19.2 Å². The van der Waals surface area contributed by atoms with Crippen molar-refractivity contribution in [1.82, 2.24) is 14.7 Å². The Bertz CT molecular complexity index is 875. The molecule has 3 heterocycles. The SMILES string of the molecule is CC1Oc2ccc(NC(=O)c3cnn(CCN4CCOCC4)c3)cc2NC1=O. The lowest BCUT2D eigenvalue weighted by atomic mass is 10.2. The summed E-state index contributed by atoms with van der Waals surface area (Å²) in [5.74, 6) is 0.118. The standard InChI is InChI=1S/C19H23N5O4/c1-13-18(25)22-16-10-15(2-3-17(16)28-13)21-19(26)14-11-20-24(12-14)5-4-23-6-8-27-9-7-23/h2-3,10-13H,4-9H2,1H3,(H,21,26)(H,22,25). The fraction of sp³-hybridized carbons (Fsp3) is 0.421. The number of morpholine rings is 1. The molecule has 0 bridgehead atoms. The molecule has 2 amide bonds. The summed E-state index contributed by atoms with van der Waals surface area (Å²) in [6.07, 6.45) is 2.76. The minimum Gasteiger partial charge on any atom is -0.479 e. The zero-order valence-corrected chi connectivity index (χ0v) is 15.7. The monoisotopic (exact) mass is 385 g/mol. The van der Waals surface area contributed by atoms with Gasteiger partial charge in [0, 0.05) is 31.5 Å². The molecule has 4 rings (SSSR count). The van der Waals surface area contributed by atoms with Gasteiger partial charge in [-0.05, 0) is 25.1 Å². The van der Waals surface area contributed by atoms with Crippen LogP contribution in [0.3, 0.4) is 0 Å². The first-order chi connectivity index (χ1) is 13.6. The van der Waals surface area contributed by atoms with Crippen LogP contribution in [0.4, 0.5) is 11.4 Å². The van der Waals surface area contributed by atoms with Crippen molar-refractivity contribution in [1.29, 1.82) is 0 Å². The Balaban J connectivity index is 1.36. The van der Waals surface area contributed by atoms with Gasteiger partial charge in [0.25, 0.3) is 11.8 Å². The molecule has 9 heteroatoms. The molecular formula is C19H23N5O4. The average Bonchev–Trinajstić information content (AvgIpc) is 3.18. The highest BCUT2D eigenvalue weighted by atomic mass is 16.5.